The topological polar surface area (TPSA) is 79.4 Å². The van der Waals surface area contributed by atoms with E-state index < -0.39 is 37.6 Å². The maximum absolute atomic E-state index is 13.4. The number of hydrogen-bond donors (Lipinski definition) is 1. The van der Waals surface area contributed by atoms with Gasteiger partial charge in [-0.25, -0.2) is 13.4 Å². The highest BCUT2D eigenvalue weighted by atomic mass is 35.5. The van der Waals surface area contributed by atoms with Crippen molar-refractivity contribution in [1.29, 1.82) is 0 Å². The van der Waals surface area contributed by atoms with E-state index in [1.54, 1.807) is 12.1 Å². The monoisotopic (exact) mass is 529 g/mol. The van der Waals surface area contributed by atoms with E-state index in [0.29, 0.717) is 18.2 Å². The Labute approximate surface area is 203 Å². The number of aromatic nitrogens is 1. The summed E-state index contributed by atoms with van der Waals surface area (Å²) in [5.41, 5.74) is -0.211. The van der Waals surface area contributed by atoms with Gasteiger partial charge >= 0.3 is 6.18 Å². The summed E-state index contributed by atoms with van der Waals surface area (Å²) in [7, 11) is -4.56. The molecule has 1 unspecified atom stereocenters. The van der Waals surface area contributed by atoms with Gasteiger partial charge in [-0.1, -0.05) is 41.4 Å². The molecular weight excluding hydrogens is 514 g/mol. The van der Waals surface area contributed by atoms with Gasteiger partial charge in [0.25, 0.3) is 15.9 Å². The first-order valence-corrected chi connectivity index (χ1v) is 12.1. The maximum atomic E-state index is 13.4. The molecule has 6 nitrogen and oxygen atoms in total. The Hall–Kier alpha value is -2.82. The average molecular weight is 530 g/mol. The summed E-state index contributed by atoms with van der Waals surface area (Å²) in [6.07, 6.45) is -3.08. The average Bonchev–Trinajstić information content (AvgIpc) is 3.08. The number of alkyl halides is 3. The number of carbonyl (C=O) groups is 1. The molecule has 1 aromatic heterocycles. The molecule has 0 saturated heterocycles. The Morgan fingerprint density at radius 2 is 1.85 bits per heavy atom. The number of nitrogens with one attached hydrogen (secondary N) is 1. The Kier molecular flexibility index (Phi) is 6.26. The normalized spacial score (nSPS) is 15.8. The van der Waals surface area contributed by atoms with E-state index in [4.69, 9.17) is 23.2 Å². The summed E-state index contributed by atoms with van der Waals surface area (Å²) in [6.45, 7) is 1.84. The van der Waals surface area contributed by atoms with Crippen molar-refractivity contribution in [3.05, 3.63) is 81.6 Å². The molecule has 3 aromatic rings. The number of benzene rings is 2. The van der Waals surface area contributed by atoms with E-state index >= 15 is 0 Å². The molecule has 4 rings (SSSR count). The van der Waals surface area contributed by atoms with Gasteiger partial charge in [0.05, 0.1) is 26.2 Å². The van der Waals surface area contributed by atoms with Crippen LogP contribution in [-0.2, 0) is 22.6 Å². The fourth-order valence-corrected chi connectivity index (χ4v) is 5.23. The highest BCUT2D eigenvalue weighted by molar-refractivity contribution is 7.92. The van der Waals surface area contributed by atoms with Crippen LogP contribution in [0, 0.1) is 0 Å². The number of fused-ring (bicyclic) bond motifs is 1. The Bertz CT molecular complexity index is 1400. The number of sulfonamides is 1. The molecule has 1 atom stereocenters. The summed E-state index contributed by atoms with van der Waals surface area (Å²) >= 11 is 11.6. The minimum Gasteiger partial charge on any atom is -0.304 e. The van der Waals surface area contributed by atoms with Crippen molar-refractivity contribution in [3.8, 4) is 0 Å². The van der Waals surface area contributed by atoms with Crippen LogP contribution in [0.25, 0.3) is 0 Å². The number of pyridine rings is 1. The van der Waals surface area contributed by atoms with E-state index in [1.165, 1.54) is 17.2 Å². The van der Waals surface area contributed by atoms with Crippen molar-refractivity contribution in [2.75, 3.05) is 9.62 Å². The van der Waals surface area contributed by atoms with Gasteiger partial charge in [-0.15, -0.1) is 0 Å². The Balaban J connectivity index is 1.74. The molecule has 1 N–H and O–H groups in total. The second-order valence-corrected chi connectivity index (χ2v) is 10.2. The number of hydrogen-bond acceptors (Lipinski definition) is 4. The van der Waals surface area contributed by atoms with E-state index in [1.807, 2.05) is 19.1 Å². The summed E-state index contributed by atoms with van der Waals surface area (Å²) in [5, 5.41) is -0.621. The highest BCUT2D eigenvalue weighted by Gasteiger charge is 2.36. The van der Waals surface area contributed by atoms with Crippen molar-refractivity contribution >= 4 is 50.5 Å². The Morgan fingerprint density at radius 3 is 2.56 bits per heavy atom. The molecular formula is C22H16Cl2F3N3O3S. The largest absolute Gasteiger partial charge is 0.417 e. The fourth-order valence-electron chi connectivity index (χ4n) is 3.77. The van der Waals surface area contributed by atoms with E-state index in [2.05, 4.69) is 9.71 Å². The van der Waals surface area contributed by atoms with Crippen LogP contribution in [0.1, 0.15) is 28.5 Å². The Morgan fingerprint density at radius 1 is 1.15 bits per heavy atom. The lowest BCUT2D eigenvalue weighted by molar-refractivity contribution is -0.137. The van der Waals surface area contributed by atoms with Crippen molar-refractivity contribution in [2.24, 2.45) is 0 Å². The third-order valence-electron chi connectivity index (χ3n) is 5.28. The summed E-state index contributed by atoms with van der Waals surface area (Å²) in [5.74, 6) is -0.584. The van der Waals surface area contributed by atoms with Crippen LogP contribution in [0.3, 0.4) is 0 Å². The first-order valence-electron chi connectivity index (χ1n) is 9.85. The third-order valence-corrected chi connectivity index (χ3v) is 7.18. The quantitative estimate of drug-likeness (QED) is 0.463. The molecule has 2 aromatic carbocycles. The van der Waals surface area contributed by atoms with Gasteiger partial charge in [0.1, 0.15) is 0 Å². The first-order chi connectivity index (χ1) is 15.9. The second-order valence-electron chi connectivity index (χ2n) is 7.65. The number of rotatable bonds is 4. The van der Waals surface area contributed by atoms with Crippen molar-refractivity contribution in [3.63, 3.8) is 0 Å². The van der Waals surface area contributed by atoms with Gasteiger partial charge in [-0.3, -0.25) is 9.52 Å². The molecule has 34 heavy (non-hydrogen) atoms. The number of halogens is 5. The van der Waals surface area contributed by atoms with Crippen LogP contribution in [-0.4, -0.2) is 25.4 Å². The van der Waals surface area contributed by atoms with Gasteiger partial charge in [-0.2, -0.15) is 13.2 Å². The molecule has 1 aliphatic rings. The molecule has 0 saturated carbocycles. The molecule has 2 heterocycles. The zero-order chi connectivity index (χ0) is 24.8. The van der Waals surface area contributed by atoms with Crippen LogP contribution in [0.2, 0.25) is 10.0 Å². The predicted octanol–water partition coefficient (Wildman–Crippen LogP) is 5.80. The van der Waals surface area contributed by atoms with E-state index in [0.717, 1.165) is 17.7 Å². The lowest BCUT2D eigenvalue weighted by Crippen LogP contribution is -2.36. The molecule has 1 amide bonds. The molecule has 0 aliphatic carbocycles. The molecule has 0 radical (unpaired) electrons. The van der Waals surface area contributed by atoms with Gasteiger partial charge in [0.15, 0.2) is 5.69 Å². The summed E-state index contributed by atoms with van der Waals surface area (Å²) in [6, 6.07) is 10.4. The van der Waals surface area contributed by atoms with Crippen LogP contribution in [0.15, 0.2) is 59.6 Å². The molecule has 0 fully saturated rings. The zero-order valence-electron chi connectivity index (χ0n) is 17.4. The van der Waals surface area contributed by atoms with E-state index in [9.17, 15) is 26.4 Å². The smallest absolute Gasteiger partial charge is 0.304 e. The van der Waals surface area contributed by atoms with Gasteiger partial charge < -0.3 is 4.90 Å². The predicted molar refractivity (Wildman–Crippen MR) is 123 cm³/mol. The first kappa shape index (κ1) is 24.3. The lowest BCUT2D eigenvalue weighted by atomic mass is 10.1. The van der Waals surface area contributed by atoms with Gasteiger partial charge in [0.2, 0.25) is 0 Å². The minimum atomic E-state index is -4.86. The molecule has 178 valence electrons. The van der Waals surface area contributed by atoms with Gasteiger partial charge in [-0.05, 0) is 49.2 Å². The third kappa shape index (κ3) is 4.57. The SMILES string of the molecule is CC1Cc2ccccc2N1C(=O)c1ncc(Cl)cc1NS(=O)(=O)c1ccc(Cl)c(C(F)(F)F)c1. The molecule has 0 bridgehead atoms. The number of nitrogens with zero attached hydrogens (tertiary/aromatic N) is 2. The lowest BCUT2D eigenvalue weighted by Gasteiger charge is -2.23. The maximum Gasteiger partial charge on any atom is 0.417 e. The number of anilines is 2. The minimum absolute atomic E-state index is 0.0243. The second kappa shape index (κ2) is 8.75. The zero-order valence-corrected chi connectivity index (χ0v) is 19.7. The highest BCUT2D eigenvalue weighted by Crippen LogP contribution is 2.37. The van der Waals surface area contributed by atoms with E-state index in [-0.39, 0.29) is 22.4 Å². The van der Waals surface area contributed by atoms with Crippen LogP contribution in [0.4, 0.5) is 24.5 Å². The number of para-hydroxylation sites is 1. The molecule has 12 heteroatoms. The van der Waals surface area contributed by atoms with Gasteiger partial charge in [0, 0.05) is 17.9 Å². The summed E-state index contributed by atoms with van der Waals surface area (Å²) < 4.78 is 67.7. The number of amides is 1. The molecule has 0 spiro atoms. The van der Waals surface area contributed by atoms with Crippen molar-refractivity contribution < 1.29 is 26.4 Å². The standard InChI is InChI=1S/C22H16Cl2F3N3O3S/c1-12-8-13-4-2-3-5-19(13)30(12)21(31)20-18(9-14(23)11-28-20)29-34(32,33)15-6-7-17(24)16(10-15)22(25,26)27/h2-7,9-12,29H,8H2,1H3. The molecule has 1 aliphatic heterocycles. The van der Waals surface area contributed by atoms with Crippen molar-refractivity contribution in [2.45, 2.75) is 30.5 Å². The van der Waals surface area contributed by atoms with Crippen molar-refractivity contribution in [1.82, 2.24) is 4.98 Å². The van der Waals surface area contributed by atoms with Crippen LogP contribution in [0.5, 0.6) is 0 Å². The number of carbonyl (C=O) groups excluding carboxylic acids is 1. The van der Waals surface area contributed by atoms with Crippen LogP contribution >= 0.6 is 23.2 Å². The fraction of sp³-hybridized carbons (Fsp3) is 0.182. The summed E-state index contributed by atoms with van der Waals surface area (Å²) in [4.78, 5) is 18.3. The van der Waals surface area contributed by atoms with Crippen LogP contribution < -0.4 is 9.62 Å².